The monoisotopic (exact) mass is 217 g/mol. The van der Waals surface area contributed by atoms with Crippen LogP contribution in [-0.4, -0.2) is 18.5 Å². The lowest BCUT2D eigenvalue weighted by atomic mass is 10.1. The minimum atomic E-state index is -4.29. The number of ketones is 1. The standard InChI is InChI=1S/C10H10F3NO/c1-7(15)8-4-2-3-5-9(8)14-6-10(11,12)13/h2-5,14H,6H2,1H3. The van der Waals surface area contributed by atoms with Gasteiger partial charge in [0.25, 0.3) is 0 Å². The first-order valence-corrected chi connectivity index (χ1v) is 4.31. The quantitative estimate of drug-likeness (QED) is 0.789. The number of carbonyl (C=O) groups is 1. The summed E-state index contributed by atoms with van der Waals surface area (Å²) in [5, 5.41) is 2.19. The van der Waals surface area contributed by atoms with E-state index in [1.165, 1.54) is 19.1 Å². The van der Waals surface area contributed by atoms with Crippen LogP contribution in [0.15, 0.2) is 24.3 Å². The molecule has 0 aliphatic carbocycles. The van der Waals surface area contributed by atoms with Crippen molar-refractivity contribution in [2.75, 3.05) is 11.9 Å². The Hall–Kier alpha value is -1.52. The second-order valence-corrected chi connectivity index (χ2v) is 3.07. The smallest absolute Gasteiger partial charge is 0.376 e. The lowest BCUT2D eigenvalue weighted by molar-refractivity contribution is -0.115. The van der Waals surface area contributed by atoms with Gasteiger partial charge < -0.3 is 5.32 Å². The highest BCUT2D eigenvalue weighted by atomic mass is 19.4. The maximum absolute atomic E-state index is 11.9. The number of hydrogen-bond acceptors (Lipinski definition) is 2. The van der Waals surface area contributed by atoms with E-state index in [1.807, 2.05) is 0 Å². The fourth-order valence-corrected chi connectivity index (χ4v) is 1.14. The van der Waals surface area contributed by atoms with Gasteiger partial charge in [0.1, 0.15) is 6.54 Å². The van der Waals surface area contributed by atoms with Gasteiger partial charge >= 0.3 is 6.18 Å². The summed E-state index contributed by atoms with van der Waals surface area (Å²) < 4.78 is 35.8. The molecule has 0 fully saturated rings. The third kappa shape index (κ3) is 3.61. The topological polar surface area (TPSA) is 29.1 Å². The van der Waals surface area contributed by atoms with E-state index in [9.17, 15) is 18.0 Å². The summed E-state index contributed by atoms with van der Waals surface area (Å²) in [6, 6.07) is 6.12. The van der Waals surface area contributed by atoms with Gasteiger partial charge in [0.05, 0.1) is 0 Å². The molecule has 2 nitrogen and oxygen atoms in total. The molecule has 0 saturated heterocycles. The molecule has 1 aromatic carbocycles. The van der Waals surface area contributed by atoms with Crippen molar-refractivity contribution in [3.8, 4) is 0 Å². The van der Waals surface area contributed by atoms with Crippen molar-refractivity contribution in [1.82, 2.24) is 0 Å². The summed E-state index contributed by atoms with van der Waals surface area (Å²) in [5.74, 6) is -0.264. The van der Waals surface area contributed by atoms with E-state index in [2.05, 4.69) is 5.32 Å². The Bertz CT molecular complexity index is 360. The van der Waals surface area contributed by atoms with Gasteiger partial charge in [-0.1, -0.05) is 12.1 Å². The summed E-state index contributed by atoms with van der Waals surface area (Å²) in [4.78, 5) is 11.1. The van der Waals surface area contributed by atoms with Crippen molar-refractivity contribution >= 4 is 11.5 Å². The first-order valence-electron chi connectivity index (χ1n) is 4.31. The Morgan fingerprint density at radius 1 is 1.33 bits per heavy atom. The molecule has 0 radical (unpaired) electrons. The van der Waals surface area contributed by atoms with Crippen LogP contribution in [0, 0.1) is 0 Å². The van der Waals surface area contributed by atoms with Gasteiger partial charge in [-0.25, -0.2) is 0 Å². The molecule has 15 heavy (non-hydrogen) atoms. The van der Waals surface area contributed by atoms with Crippen molar-refractivity contribution < 1.29 is 18.0 Å². The molecule has 0 heterocycles. The van der Waals surface area contributed by atoms with Crippen LogP contribution in [0.4, 0.5) is 18.9 Å². The molecule has 82 valence electrons. The SMILES string of the molecule is CC(=O)c1ccccc1NCC(F)(F)F. The molecule has 0 aliphatic heterocycles. The predicted octanol–water partition coefficient (Wildman–Crippen LogP) is 2.86. The van der Waals surface area contributed by atoms with E-state index in [0.29, 0.717) is 0 Å². The normalized spacial score (nSPS) is 11.2. The fraction of sp³-hybridized carbons (Fsp3) is 0.300. The molecule has 0 aromatic heterocycles. The first kappa shape index (κ1) is 11.6. The van der Waals surface area contributed by atoms with Crippen LogP contribution in [0.25, 0.3) is 0 Å². The number of benzene rings is 1. The Labute approximate surface area is 85.1 Å². The van der Waals surface area contributed by atoms with E-state index in [4.69, 9.17) is 0 Å². The van der Waals surface area contributed by atoms with Crippen LogP contribution in [0.5, 0.6) is 0 Å². The largest absolute Gasteiger partial charge is 0.405 e. The van der Waals surface area contributed by atoms with Crippen molar-refractivity contribution in [3.63, 3.8) is 0 Å². The highest BCUT2D eigenvalue weighted by molar-refractivity contribution is 5.99. The number of anilines is 1. The van der Waals surface area contributed by atoms with E-state index >= 15 is 0 Å². The van der Waals surface area contributed by atoms with E-state index in [-0.39, 0.29) is 17.0 Å². The van der Waals surface area contributed by atoms with E-state index in [0.717, 1.165) is 0 Å². The van der Waals surface area contributed by atoms with Gasteiger partial charge in [-0.3, -0.25) is 4.79 Å². The van der Waals surface area contributed by atoms with Gasteiger partial charge in [-0.05, 0) is 19.1 Å². The lowest BCUT2D eigenvalue weighted by Crippen LogP contribution is -2.22. The highest BCUT2D eigenvalue weighted by Crippen LogP contribution is 2.19. The van der Waals surface area contributed by atoms with Gasteiger partial charge in [-0.2, -0.15) is 13.2 Å². The molecule has 0 spiro atoms. The van der Waals surface area contributed by atoms with E-state index < -0.39 is 12.7 Å². The molecule has 1 N–H and O–H groups in total. The minimum Gasteiger partial charge on any atom is -0.376 e. The molecule has 0 unspecified atom stereocenters. The van der Waals surface area contributed by atoms with Crippen molar-refractivity contribution in [1.29, 1.82) is 0 Å². The summed E-state index contributed by atoms with van der Waals surface area (Å²) in [6.45, 7) is 0.172. The van der Waals surface area contributed by atoms with Gasteiger partial charge in [0, 0.05) is 11.3 Å². The zero-order chi connectivity index (χ0) is 11.5. The van der Waals surface area contributed by atoms with Gasteiger partial charge in [0.2, 0.25) is 0 Å². The molecule has 1 rings (SSSR count). The average molecular weight is 217 g/mol. The summed E-state index contributed by atoms with van der Waals surface area (Å²) in [6.07, 6.45) is -4.29. The third-order valence-corrected chi connectivity index (χ3v) is 1.79. The number of halogens is 3. The van der Waals surface area contributed by atoms with Crippen LogP contribution >= 0.6 is 0 Å². The van der Waals surface area contributed by atoms with Crippen molar-refractivity contribution in [2.45, 2.75) is 13.1 Å². The van der Waals surface area contributed by atoms with Gasteiger partial charge in [0.15, 0.2) is 5.78 Å². The number of nitrogens with one attached hydrogen (secondary N) is 1. The molecule has 0 saturated carbocycles. The van der Waals surface area contributed by atoms with Crippen LogP contribution < -0.4 is 5.32 Å². The number of rotatable bonds is 3. The Balaban J connectivity index is 2.81. The fourth-order valence-electron chi connectivity index (χ4n) is 1.14. The van der Waals surface area contributed by atoms with Crippen molar-refractivity contribution in [3.05, 3.63) is 29.8 Å². The number of carbonyl (C=O) groups excluding carboxylic acids is 1. The molecule has 0 aliphatic rings. The zero-order valence-electron chi connectivity index (χ0n) is 8.06. The molecular weight excluding hydrogens is 207 g/mol. The zero-order valence-corrected chi connectivity index (χ0v) is 8.06. The maximum Gasteiger partial charge on any atom is 0.405 e. The number of Topliss-reactive ketones (excluding diaryl/α,β-unsaturated/α-hetero) is 1. The molecule has 5 heteroatoms. The highest BCUT2D eigenvalue weighted by Gasteiger charge is 2.27. The van der Waals surface area contributed by atoms with Crippen LogP contribution in [0.1, 0.15) is 17.3 Å². The minimum absolute atomic E-state index is 0.210. The second kappa shape index (κ2) is 4.33. The maximum atomic E-state index is 11.9. The first-order chi connectivity index (χ1) is 6.90. The number of alkyl halides is 3. The van der Waals surface area contributed by atoms with Crippen LogP contribution in [0.3, 0.4) is 0 Å². The molecule has 0 bridgehead atoms. The lowest BCUT2D eigenvalue weighted by Gasteiger charge is -2.11. The summed E-state index contributed by atoms with van der Waals surface area (Å²) in [5.41, 5.74) is 0.476. The third-order valence-electron chi connectivity index (χ3n) is 1.79. The Kier molecular flexibility index (Phi) is 3.34. The summed E-state index contributed by atoms with van der Waals surface area (Å²) >= 11 is 0. The van der Waals surface area contributed by atoms with Gasteiger partial charge in [-0.15, -0.1) is 0 Å². The molecular formula is C10H10F3NO. The van der Waals surface area contributed by atoms with Crippen LogP contribution in [0.2, 0.25) is 0 Å². The predicted molar refractivity (Wildman–Crippen MR) is 51.0 cm³/mol. The molecule has 0 atom stereocenters. The molecule has 1 aromatic rings. The molecule has 0 amide bonds. The number of hydrogen-bond donors (Lipinski definition) is 1. The number of para-hydroxylation sites is 1. The van der Waals surface area contributed by atoms with E-state index in [1.54, 1.807) is 12.1 Å². The summed E-state index contributed by atoms with van der Waals surface area (Å²) in [7, 11) is 0. The Morgan fingerprint density at radius 2 is 1.93 bits per heavy atom. The second-order valence-electron chi connectivity index (χ2n) is 3.07. The van der Waals surface area contributed by atoms with Crippen LogP contribution in [-0.2, 0) is 0 Å². The Morgan fingerprint density at radius 3 is 2.47 bits per heavy atom. The van der Waals surface area contributed by atoms with Crippen molar-refractivity contribution in [2.24, 2.45) is 0 Å². The average Bonchev–Trinajstić information content (AvgIpc) is 2.14.